The highest BCUT2D eigenvalue weighted by molar-refractivity contribution is 4.82. The minimum absolute atomic E-state index is 0.386. The average molecular weight is 211 g/mol. The molecule has 2 rings (SSSR count). The van der Waals surface area contributed by atoms with Gasteiger partial charge in [0.1, 0.15) is 0 Å². The van der Waals surface area contributed by atoms with Crippen LogP contribution >= 0.6 is 0 Å². The zero-order valence-corrected chi connectivity index (χ0v) is 10.0. The minimum Gasteiger partial charge on any atom is -0.390 e. The van der Waals surface area contributed by atoms with Crippen molar-refractivity contribution in [1.82, 2.24) is 4.90 Å². The lowest BCUT2D eigenvalue weighted by atomic mass is 9.87. The molecule has 0 atom stereocenters. The average Bonchev–Trinajstić information content (AvgIpc) is 2.23. The van der Waals surface area contributed by atoms with E-state index in [0.717, 1.165) is 31.8 Å². The predicted octanol–water partition coefficient (Wildman–Crippen LogP) is 2.41. The lowest BCUT2D eigenvalue weighted by Gasteiger charge is -2.38. The molecule has 15 heavy (non-hydrogen) atoms. The van der Waals surface area contributed by atoms with E-state index in [1.807, 2.05) is 6.92 Å². The summed E-state index contributed by atoms with van der Waals surface area (Å²) in [6, 6.07) is 0. The Labute approximate surface area is 93.7 Å². The third-order valence-corrected chi connectivity index (χ3v) is 4.17. The van der Waals surface area contributed by atoms with Gasteiger partial charge in [-0.2, -0.15) is 0 Å². The molecule has 1 N–H and O–H groups in total. The SMILES string of the molecule is CC1(O)CCN(CC2CCCCC2)CC1. The monoisotopic (exact) mass is 211 g/mol. The van der Waals surface area contributed by atoms with Gasteiger partial charge >= 0.3 is 0 Å². The lowest BCUT2D eigenvalue weighted by molar-refractivity contribution is -0.00994. The fourth-order valence-corrected chi connectivity index (χ4v) is 2.95. The maximum atomic E-state index is 9.87. The van der Waals surface area contributed by atoms with E-state index in [4.69, 9.17) is 0 Å². The fourth-order valence-electron chi connectivity index (χ4n) is 2.95. The Morgan fingerprint density at radius 2 is 1.73 bits per heavy atom. The van der Waals surface area contributed by atoms with E-state index in [1.54, 1.807) is 0 Å². The maximum Gasteiger partial charge on any atom is 0.0644 e. The van der Waals surface area contributed by atoms with Crippen molar-refractivity contribution in [1.29, 1.82) is 0 Å². The topological polar surface area (TPSA) is 23.5 Å². The Morgan fingerprint density at radius 1 is 1.13 bits per heavy atom. The highest BCUT2D eigenvalue weighted by Gasteiger charge is 2.28. The van der Waals surface area contributed by atoms with Gasteiger partial charge in [0, 0.05) is 19.6 Å². The molecule has 2 fully saturated rings. The van der Waals surface area contributed by atoms with Crippen molar-refractivity contribution in [2.24, 2.45) is 5.92 Å². The molecule has 1 saturated carbocycles. The molecule has 0 unspecified atom stereocenters. The summed E-state index contributed by atoms with van der Waals surface area (Å²) >= 11 is 0. The zero-order chi connectivity index (χ0) is 10.7. The quantitative estimate of drug-likeness (QED) is 0.758. The zero-order valence-electron chi connectivity index (χ0n) is 10.0. The molecular formula is C13H25NO. The summed E-state index contributed by atoms with van der Waals surface area (Å²) in [5, 5.41) is 9.87. The number of aliphatic hydroxyl groups is 1. The van der Waals surface area contributed by atoms with Crippen molar-refractivity contribution in [2.45, 2.75) is 57.5 Å². The summed E-state index contributed by atoms with van der Waals surface area (Å²) < 4.78 is 0. The van der Waals surface area contributed by atoms with E-state index in [9.17, 15) is 5.11 Å². The van der Waals surface area contributed by atoms with E-state index in [-0.39, 0.29) is 5.60 Å². The molecule has 0 radical (unpaired) electrons. The van der Waals surface area contributed by atoms with Crippen LogP contribution in [0.5, 0.6) is 0 Å². The van der Waals surface area contributed by atoms with Crippen molar-refractivity contribution in [2.75, 3.05) is 19.6 Å². The van der Waals surface area contributed by atoms with Crippen LogP contribution in [0.3, 0.4) is 0 Å². The van der Waals surface area contributed by atoms with E-state index in [1.165, 1.54) is 38.6 Å². The van der Waals surface area contributed by atoms with Crippen molar-refractivity contribution < 1.29 is 5.11 Å². The Bertz CT molecular complexity index is 187. The molecule has 2 nitrogen and oxygen atoms in total. The highest BCUT2D eigenvalue weighted by atomic mass is 16.3. The van der Waals surface area contributed by atoms with Crippen LogP contribution in [0.2, 0.25) is 0 Å². The van der Waals surface area contributed by atoms with Crippen LogP contribution in [-0.4, -0.2) is 35.2 Å². The normalized spacial score (nSPS) is 29.2. The molecule has 1 heterocycles. The van der Waals surface area contributed by atoms with Crippen LogP contribution in [0.15, 0.2) is 0 Å². The second kappa shape index (κ2) is 4.84. The van der Waals surface area contributed by atoms with Gasteiger partial charge in [0.15, 0.2) is 0 Å². The first-order chi connectivity index (χ1) is 7.16. The van der Waals surface area contributed by atoms with E-state index < -0.39 is 0 Å². The van der Waals surface area contributed by atoms with Crippen molar-refractivity contribution in [3.05, 3.63) is 0 Å². The van der Waals surface area contributed by atoms with Crippen molar-refractivity contribution >= 4 is 0 Å². The van der Waals surface area contributed by atoms with Crippen LogP contribution in [0.25, 0.3) is 0 Å². The summed E-state index contributed by atoms with van der Waals surface area (Å²) in [4.78, 5) is 2.56. The Hall–Kier alpha value is -0.0800. The second-order valence-corrected chi connectivity index (χ2v) is 5.80. The largest absolute Gasteiger partial charge is 0.390 e. The molecule has 2 aliphatic rings. The number of likely N-dealkylation sites (tertiary alicyclic amines) is 1. The first-order valence-electron chi connectivity index (χ1n) is 6.60. The summed E-state index contributed by atoms with van der Waals surface area (Å²) in [6.45, 7) is 5.47. The molecule has 0 aromatic carbocycles. The molecule has 0 aromatic heterocycles. The van der Waals surface area contributed by atoms with Crippen LogP contribution in [0.4, 0.5) is 0 Å². The first kappa shape index (κ1) is 11.4. The second-order valence-electron chi connectivity index (χ2n) is 5.80. The number of nitrogens with zero attached hydrogens (tertiary/aromatic N) is 1. The smallest absolute Gasteiger partial charge is 0.0644 e. The van der Waals surface area contributed by atoms with Gasteiger partial charge in [0.2, 0.25) is 0 Å². The van der Waals surface area contributed by atoms with E-state index in [2.05, 4.69) is 4.90 Å². The molecular weight excluding hydrogens is 186 g/mol. The van der Waals surface area contributed by atoms with Crippen LogP contribution in [0.1, 0.15) is 51.9 Å². The Kier molecular flexibility index (Phi) is 3.68. The standard InChI is InChI=1S/C13H25NO/c1-13(15)7-9-14(10-8-13)11-12-5-3-2-4-6-12/h12,15H,2-11H2,1H3. The Balaban J connectivity index is 1.71. The summed E-state index contributed by atoms with van der Waals surface area (Å²) in [6.07, 6.45) is 9.12. The third kappa shape index (κ3) is 3.46. The number of hydrogen-bond donors (Lipinski definition) is 1. The molecule has 2 heteroatoms. The van der Waals surface area contributed by atoms with Crippen LogP contribution in [-0.2, 0) is 0 Å². The predicted molar refractivity (Wildman–Crippen MR) is 62.9 cm³/mol. The molecule has 0 spiro atoms. The summed E-state index contributed by atoms with van der Waals surface area (Å²) in [7, 11) is 0. The molecule has 0 amide bonds. The van der Waals surface area contributed by atoms with E-state index >= 15 is 0 Å². The van der Waals surface area contributed by atoms with Gasteiger partial charge in [-0.1, -0.05) is 19.3 Å². The van der Waals surface area contributed by atoms with Crippen molar-refractivity contribution in [3.63, 3.8) is 0 Å². The van der Waals surface area contributed by atoms with Gasteiger partial charge in [-0.15, -0.1) is 0 Å². The number of piperidine rings is 1. The minimum atomic E-state index is -0.386. The molecule has 0 bridgehead atoms. The van der Waals surface area contributed by atoms with Gasteiger partial charge in [-0.05, 0) is 38.5 Å². The summed E-state index contributed by atoms with van der Waals surface area (Å²) in [5.74, 6) is 0.946. The van der Waals surface area contributed by atoms with Crippen LogP contribution in [0, 0.1) is 5.92 Å². The van der Waals surface area contributed by atoms with Gasteiger partial charge in [-0.3, -0.25) is 0 Å². The van der Waals surface area contributed by atoms with E-state index in [0.29, 0.717) is 0 Å². The van der Waals surface area contributed by atoms with Crippen molar-refractivity contribution in [3.8, 4) is 0 Å². The molecule has 88 valence electrons. The fraction of sp³-hybridized carbons (Fsp3) is 1.00. The van der Waals surface area contributed by atoms with Gasteiger partial charge in [0.25, 0.3) is 0 Å². The number of rotatable bonds is 2. The third-order valence-electron chi connectivity index (χ3n) is 4.17. The molecule has 1 aliphatic carbocycles. The number of hydrogen-bond acceptors (Lipinski definition) is 2. The van der Waals surface area contributed by atoms with Gasteiger partial charge in [-0.25, -0.2) is 0 Å². The van der Waals surface area contributed by atoms with Gasteiger partial charge in [0.05, 0.1) is 5.60 Å². The summed E-state index contributed by atoms with van der Waals surface area (Å²) in [5.41, 5.74) is -0.386. The van der Waals surface area contributed by atoms with Crippen LogP contribution < -0.4 is 0 Å². The van der Waals surface area contributed by atoms with Gasteiger partial charge < -0.3 is 10.0 Å². The Morgan fingerprint density at radius 3 is 2.33 bits per heavy atom. The molecule has 1 saturated heterocycles. The first-order valence-corrected chi connectivity index (χ1v) is 6.60. The molecule has 0 aromatic rings. The highest BCUT2D eigenvalue weighted by Crippen LogP contribution is 2.27. The molecule has 1 aliphatic heterocycles. The maximum absolute atomic E-state index is 9.87. The lowest BCUT2D eigenvalue weighted by Crippen LogP contribution is -2.44.